The minimum absolute atomic E-state index is 0.0491. The Morgan fingerprint density at radius 3 is 2.89 bits per heavy atom. The van der Waals surface area contributed by atoms with E-state index in [9.17, 15) is 9.18 Å². The lowest BCUT2D eigenvalue weighted by atomic mass is 9.92. The fraction of sp³-hybridized carbons (Fsp3) is 0.357. The highest BCUT2D eigenvalue weighted by Gasteiger charge is 2.22. The summed E-state index contributed by atoms with van der Waals surface area (Å²) < 4.78 is 19.7. The topological polar surface area (TPSA) is 76.5 Å². The maximum absolute atomic E-state index is 14.4. The molecule has 182 valence electrons. The van der Waals surface area contributed by atoms with E-state index in [1.165, 1.54) is 12.4 Å². The Bertz CT molecular complexity index is 1270. The van der Waals surface area contributed by atoms with Crippen LogP contribution in [0.1, 0.15) is 56.6 Å². The molecule has 1 N–H and O–H groups in total. The van der Waals surface area contributed by atoms with Crippen LogP contribution in [0.25, 0.3) is 10.9 Å². The number of methoxy groups -OCH3 is 1. The van der Waals surface area contributed by atoms with Crippen molar-refractivity contribution in [1.29, 1.82) is 0 Å². The molecule has 1 unspecified atom stereocenters. The highest BCUT2D eigenvalue weighted by Crippen LogP contribution is 2.29. The first-order valence-corrected chi connectivity index (χ1v) is 12.0. The van der Waals surface area contributed by atoms with Gasteiger partial charge in [0, 0.05) is 29.6 Å². The maximum Gasteiger partial charge on any atom is 0.227 e. The second-order valence-electron chi connectivity index (χ2n) is 9.09. The number of carbonyl (C=O) groups is 1. The molecule has 1 amide bonds. The quantitative estimate of drug-likeness (QED) is 0.378. The molecular weight excluding hydrogens is 443 g/mol. The molecule has 0 radical (unpaired) electrons. The highest BCUT2D eigenvalue weighted by molar-refractivity contribution is 5.93. The molecule has 1 aromatic heterocycles. The predicted molar refractivity (Wildman–Crippen MR) is 138 cm³/mol. The van der Waals surface area contributed by atoms with Gasteiger partial charge in [-0.1, -0.05) is 26.0 Å². The number of benzene rings is 2. The first-order chi connectivity index (χ1) is 17.0. The largest absolute Gasteiger partial charge is 0.501 e. The van der Waals surface area contributed by atoms with Gasteiger partial charge in [-0.15, -0.1) is 0 Å². The molecule has 0 aliphatic heterocycles. The molecule has 4 rings (SSSR count). The summed E-state index contributed by atoms with van der Waals surface area (Å²) in [5.41, 5.74) is 3.21. The second kappa shape index (κ2) is 11.2. The minimum atomic E-state index is -0.296. The van der Waals surface area contributed by atoms with Gasteiger partial charge >= 0.3 is 0 Å². The molecule has 6 nitrogen and oxygen atoms in total. The van der Waals surface area contributed by atoms with Gasteiger partial charge in [-0.25, -0.2) is 19.4 Å². The van der Waals surface area contributed by atoms with E-state index < -0.39 is 0 Å². The summed E-state index contributed by atoms with van der Waals surface area (Å²) in [5.74, 6) is 1.43. The summed E-state index contributed by atoms with van der Waals surface area (Å²) >= 11 is 0. The normalized spacial score (nSPS) is 16.0. The van der Waals surface area contributed by atoms with Crippen LogP contribution in [-0.2, 0) is 16.0 Å². The molecule has 35 heavy (non-hydrogen) atoms. The average Bonchev–Trinajstić information content (AvgIpc) is 2.87. The number of rotatable bonds is 8. The summed E-state index contributed by atoms with van der Waals surface area (Å²) in [7, 11) is 1.65. The van der Waals surface area contributed by atoms with Gasteiger partial charge in [0.1, 0.15) is 12.1 Å². The summed E-state index contributed by atoms with van der Waals surface area (Å²) in [6, 6.07) is 10.7. The van der Waals surface area contributed by atoms with Gasteiger partial charge in [-0.2, -0.15) is 0 Å². The molecular formula is C28H31FN4O2. The number of amides is 1. The average molecular weight is 475 g/mol. The van der Waals surface area contributed by atoms with Crippen molar-refractivity contribution >= 4 is 34.5 Å². The van der Waals surface area contributed by atoms with Gasteiger partial charge in [0.05, 0.1) is 18.4 Å². The number of anilines is 1. The van der Waals surface area contributed by atoms with Crippen LogP contribution >= 0.6 is 0 Å². The number of hydrogen-bond donors (Lipinski definition) is 1. The van der Waals surface area contributed by atoms with Crippen molar-refractivity contribution in [2.75, 3.05) is 12.4 Å². The van der Waals surface area contributed by atoms with Gasteiger partial charge in [0.25, 0.3) is 0 Å². The van der Waals surface area contributed by atoms with Crippen molar-refractivity contribution < 1.29 is 13.9 Å². The number of hydrogen-bond acceptors (Lipinski definition) is 5. The summed E-state index contributed by atoms with van der Waals surface area (Å²) in [6.45, 7) is 4.27. The van der Waals surface area contributed by atoms with Gasteiger partial charge < -0.3 is 10.1 Å². The summed E-state index contributed by atoms with van der Waals surface area (Å²) in [4.78, 5) is 26.0. The van der Waals surface area contributed by atoms with Crippen molar-refractivity contribution in [3.63, 3.8) is 0 Å². The smallest absolute Gasteiger partial charge is 0.227 e. The monoisotopic (exact) mass is 474 g/mol. The highest BCUT2D eigenvalue weighted by atomic mass is 19.1. The summed E-state index contributed by atoms with van der Waals surface area (Å²) in [6.07, 6.45) is 8.40. The lowest BCUT2D eigenvalue weighted by Gasteiger charge is -2.20. The number of para-hydroxylation sites is 1. The Labute approximate surface area is 205 Å². The van der Waals surface area contributed by atoms with Crippen molar-refractivity contribution in [1.82, 2.24) is 9.97 Å². The van der Waals surface area contributed by atoms with Crippen molar-refractivity contribution in [2.24, 2.45) is 10.9 Å². The number of nitrogens with one attached hydrogen (secondary N) is 1. The maximum atomic E-state index is 14.4. The van der Waals surface area contributed by atoms with Gasteiger partial charge in [0.15, 0.2) is 5.82 Å². The van der Waals surface area contributed by atoms with Crippen LogP contribution in [0.2, 0.25) is 0 Å². The number of nitrogens with zero attached hydrogens (tertiary/aromatic N) is 3. The minimum Gasteiger partial charge on any atom is -0.501 e. The number of allylic oxidation sites excluding steroid dienone is 2. The second-order valence-corrected chi connectivity index (χ2v) is 9.09. The number of aliphatic imine (C=N–C) groups is 1. The van der Waals surface area contributed by atoms with Gasteiger partial charge in [-0.05, 0) is 73.1 Å². The van der Waals surface area contributed by atoms with Crippen LogP contribution in [0.5, 0.6) is 0 Å². The van der Waals surface area contributed by atoms with Crippen LogP contribution in [0.3, 0.4) is 0 Å². The van der Waals surface area contributed by atoms with Crippen LogP contribution in [-0.4, -0.2) is 29.2 Å². The van der Waals surface area contributed by atoms with Gasteiger partial charge in [-0.3, -0.25) is 4.79 Å². The molecule has 0 fully saturated rings. The Morgan fingerprint density at radius 1 is 1.29 bits per heavy atom. The van der Waals surface area contributed by atoms with Crippen molar-refractivity contribution in [2.45, 2.75) is 51.9 Å². The lowest BCUT2D eigenvalue weighted by Crippen LogP contribution is -2.24. The van der Waals surface area contributed by atoms with Crippen molar-refractivity contribution in [3.05, 3.63) is 71.5 Å². The molecule has 0 spiro atoms. The van der Waals surface area contributed by atoms with E-state index in [1.54, 1.807) is 25.5 Å². The van der Waals surface area contributed by atoms with E-state index in [2.05, 4.69) is 40.2 Å². The van der Waals surface area contributed by atoms with Crippen LogP contribution in [0, 0.1) is 11.7 Å². The fourth-order valence-corrected chi connectivity index (χ4v) is 4.36. The molecule has 1 atom stereocenters. The SMILES string of the molecule is COC1=CCC(C(=O)Nc2ccc(F)c(CCC=Nc3ncnc4c(C(C)C)cccc34)c2)CC1. The Balaban J connectivity index is 1.40. The molecule has 1 heterocycles. The molecule has 0 bridgehead atoms. The molecule has 2 aromatic carbocycles. The fourth-order valence-electron chi connectivity index (χ4n) is 4.36. The molecule has 1 aliphatic rings. The van der Waals surface area contributed by atoms with E-state index >= 15 is 0 Å². The molecule has 1 aliphatic carbocycles. The number of carbonyl (C=O) groups excluding carboxylic acids is 1. The first-order valence-electron chi connectivity index (χ1n) is 12.0. The zero-order chi connectivity index (χ0) is 24.8. The van der Waals surface area contributed by atoms with E-state index in [-0.39, 0.29) is 17.6 Å². The van der Waals surface area contributed by atoms with Gasteiger partial charge in [0.2, 0.25) is 5.91 Å². The third-order valence-electron chi connectivity index (χ3n) is 6.37. The number of ether oxygens (including phenoxy) is 1. The zero-order valence-corrected chi connectivity index (χ0v) is 20.4. The third kappa shape index (κ3) is 5.91. The molecule has 7 heteroatoms. The van der Waals surface area contributed by atoms with Crippen molar-refractivity contribution in [3.8, 4) is 0 Å². The predicted octanol–water partition coefficient (Wildman–Crippen LogP) is 6.50. The van der Waals surface area contributed by atoms with Crippen LogP contribution < -0.4 is 5.32 Å². The van der Waals surface area contributed by atoms with E-state index in [0.29, 0.717) is 42.2 Å². The number of fused-ring (bicyclic) bond motifs is 1. The molecule has 0 saturated heterocycles. The van der Waals surface area contributed by atoms with Crippen LogP contribution in [0.15, 0.2) is 59.6 Å². The number of aromatic nitrogens is 2. The standard InChI is InChI=1S/C28H31FN4O2/c1-18(2)23-7-4-8-24-26(23)31-17-32-27(24)30-15-5-6-20-16-21(11-14-25(20)29)33-28(34)19-9-12-22(35-3)13-10-19/h4,7-8,11-12,14-19H,5-6,9-10,13H2,1-3H3,(H,33,34). The van der Waals surface area contributed by atoms with E-state index in [4.69, 9.17) is 4.74 Å². The molecule has 3 aromatic rings. The molecule has 0 saturated carbocycles. The Hall–Kier alpha value is -3.61. The van der Waals surface area contributed by atoms with Crippen LogP contribution in [0.4, 0.5) is 15.9 Å². The Morgan fingerprint density at radius 2 is 2.14 bits per heavy atom. The van der Waals surface area contributed by atoms with E-state index in [0.717, 1.165) is 35.1 Å². The zero-order valence-electron chi connectivity index (χ0n) is 20.4. The Kier molecular flexibility index (Phi) is 7.85. The third-order valence-corrected chi connectivity index (χ3v) is 6.37. The summed E-state index contributed by atoms with van der Waals surface area (Å²) in [5, 5.41) is 3.84. The number of halogens is 1. The number of aryl methyl sites for hydroxylation is 1. The first kappa shape index (κ1) is 24.5. The van der Waals surface area contributed by atoms with E-state index in [1.807, 2.05) is 18.2 Å². The lowest BCUT2D eigenvalue weighted by molar-refractivity contribution is -0.120.